The topological polar surface area (TPSA) is 68.0 Å². The summed E-state index contributed by atoms with van der Waals surface area (Å²) in [4.78, 5) is 16.3. The van der Waals surface area contributed by atoms with Gasteiger partial charge in [0.15, 0.2) is 0 Å². The van der Waals surface area contributed by atoms with Crippen molar-refractivity contribution in [1.82, 2.24) is 4.98 Å². The smallest absolute Gasteiger partial charge is 0.274 e. The third kappa shape index (κ3) is 3.31. The highest BCUT2D eigenvalue weighted by Crippen LogP contribution is 2.20. The van der Waals surface area contributed by atoms with E-state index < -0.39 is 0 Å². The Morgan fingerprint density at radius 2 is 2.10 bits per heavy atom. The normalized spacial score (nSPS) is 10.1. The van der Waals surface area contributed by atoms with Crippen LogP contribution in [0.25, 0.3) is 0 Å². The molecule has 0 radical (unpaired) electrons. The van der Waals surface area contributed by atoms with Gasteiger partial charge in [0, 0.05) is 22.5 Å². The molecule has 0 saturated heterocycles. The summed E-state index contributed by atoms with van der Waals surface area (Å²) in [6.07, 6.45) is 1.47. The van der Waals surface area contributed by atoms with Gasteiger partial charge in [0.25, 0.3) is 5.91 Å². The predicted molar refractivity (Wildman–Crippen MR) is 84.3 cm³/mol. The van der Waals surface area contributed by atoms with Crippen molar-refractivity contribution in [2.45, 2.75) is 6.92 Å². The molecule has 0 aliphatic heterocycles. The molecule has 2 aromatic rings. The number of halogens is 1. The van der Waals surface area contributed by atoms with Crippen LogP contribution in [-0.2, 0) is 0 Å². The van der Waals surface area contributed by atoms with Gasteiger partial charge in [0.2, 0.25) is 0 Å². The molecule has 0 bridgehead atoms. The maximum atomic E-state index is 12.0. The molecule has 6 heteroatoms. The average molecular weight is 306 g/mol. The molecule has 1 heterocycles. The number of anilines is 1. The van der Waals surface area contributed by atoms with Gasteiger partial charge in [-0.15, -0.1) is 0 Å². The number of rotatable bonds is 3. The Kier molecular flexibility index (Phi) is 4.32. The van der Waals surface area contributed by atoms with Crippen LogP contribution in [0.15, 0.2) is 36.5 Å². The zero-order chi connectivity index (χ0) is 14.7. The van der Waals surface area contributed by atoms with Crippen molar-refractivity contribution in [3.63, 3.8) is 0 Å². The monoisotopic (exact) mass is 305 g/mol. The van der Waals surface area contributed by atoms with Crippen LogP contribution in [0.4, 0.5) is 5.69 Å². The molecule has 0 spiro atoms. The Morgan fingerprint density at radius 1 is 1.35 bits per heavy atom. The van der Waals surface area contributed by atoms with Crippen molar-refractivity contribution in [3.8, 4) is 0 Å². The molecular weight excluding hydrogens is 294 g/mol. The number of hydrogen-bond donors (Lipinski definition) is 2. The quantitative estimate of drug-likeness (QED) is 0.856. The Bertz CT molecular complexity index is 671. The van der Waals surface area contributed by atoms with Gasteiger partial charge in [0.1, 0.15) is 10.7 Å². The lowest BCUT2D eigenvalue weighted by Crippen LogP contribution is -2.15. The maximum absolute atomic E-state index is 12.0. The molecule has 0 aliphatic rings. The van der Waals surface area contributed by atoms with Gasteiger partial charge in [0.05, 0.1) is 0 Å². The second-order valence-corrected chi connectivity index (χ2v) is 5.06. The van der Waals surface area contributed by atoms with E-state index in [4.69, 9.17) is 29.6 Å². The van der Waals surface area contributed by atoms with Crippen LogP contribution < -0.4 is 11.1 Å². The van der Waals surface area contributed by atoms with Crippen molar-refractivity contribution in [3.05, 3.63) is 58.4 Å². The lowest BCUT2D eigenvalue weighted by Gasteiger charge is -2.07. The van der Waals surface area contributed by atoms with E-state index >= 15 is 0 Å². The molecule has 1 aromatic heterocycles. The first-order valence-electron chi connectivity index (χ1n) is 5.81. The highest BCUT2D eigenvalue weighted by atomic mass is 35.5. The Hall–Kier alpha value is -1.98. The zero-order valence-electron chi connectivity index (χ0n) is 10.7. The molecule has 20 heavy (non-hydrogen) atoms. The Labute approximate surface area is 127 Å². The first kappa shape index (κ1) is 14.4. The number of pyridine rings is 1. The van der Waals surface area contributed by atoms with Gasteiger partial charge >= 0.3 is 0 Å². The molecule has 0 saturated carbocycles. The fourth-order valence-corrected chi connectivity index (χ4v) is 1.84. The minimum atomic E-state index is -0.320. The number of thiocarbonyl (C=S) groups is 1. The fourth-order valence-electron chi connectivity index (χ4n) is 1.54. The Balaban J connectivity index is 2.15. The second kappa shape index (κ2) is 5.98. The minimum absolute atomic E-state index is 0.245. The molecule has 1 amide bonds. The second-order valence-electron chi connectivity index (χ2n) is 4.21. The molecule has 4 nitrogen and oxygen atoms in total. The van der Waals surface area contributed by atoms with E-state index in [1.807, 2.05) is 13.0 Å². The molecule has 0 atom stereocenters. The number of carbonyl (C=O) groups is 1. The Morgan fingerprint density at radius 3 is 2.65 bits per heavy atom. The number of amides is 1. The van der Waals surface area contributed by atoms with E-state index in [1.165, 1.54) is 6.20 Å². The van der Waals surface area contributed by atoms with E-state index in [0.29, 0.717) is 16.3 Å². The largest absolute Gasteiger partial charge is 0.389 e. The summed E-state index contributed by atoms with van der Waals surface area (Å²) < 4.78 is 0. The number of nitrogens with two attached hydrogens (primary N) is 1. The molecule has 0 aliphatic carbocycles. The summed E-state index contributed by atoms with van der Waals surface area (Å²) in [7, 11) is 0. The van der Waals surface area contributed by atoms with Crippen LogP contribution in [0.1, 0.15) is 21.6 Å². The summed E-state index contributed by atoms with van der Waals surface area (Å²) >= 11 is 10.8. The lowest BCUT2D eigenvalue weighted by atomic mass is 10.2. The number of aromatic nitrogens is 1. The molecule has 102 valence electrons. The van der Waals surface area contributed by atoms with Crippen molar-refractivity contribution < 1.29 is 4.79 Å². The van der Waals surface area contributed by atoms with Crippen LogP contribution in [0.5, 0.6) is 0 Å². The highest BCUT2D eigenvalue weighted by Gasteiger charge is 2.09. The van der Waals surface area contributed by atoms with E-state index in [9.17, 15) is 4.79 Å². The summed E-state index contributed by atoms with van der Waals surface area (Å²) in [6.45, 7) is 1.89. The van der Waals surface area contributed by atoms with Crippen molar-refractivity contribution in [1.29, 1.82) is 0 Å². The van der Waals surface area contributed by atoms with Crippen molar-refractivity contribution in [2.75, 3.05) is 5.32 Å². The maximum Gasteiger partial charge on any atom is 0.274 e. The van der Waals surface area contributed by atoms with E-state index in [0.717, 1.165) is 5.56 Å². The van der Waals surface area contributed by atoms with Gasteiger partial charge in [-0.3, -0.25) is 9.78 Å². The molecule has 0 unspecified atom stereocenters. The van der Waals surface area contributed by atoms with Gasteiger partial charge in [-0.1, -0.05) is 29.9 Å². The fraction of sp³-hybridized carbons (Fsp3) is 0.0714. The van der Waals surface area contributed by atoms with E-state index in [-0.39, 0.29) is 16.6 Å². The minimum Gasteiger partial charge on any atom is -0.389 e. The number of nitrogens with one attached hydrogen (secondary N) is 1. The summed E-state index contributed by atoms with van der Waals surface area (Å²) in [5, 5.41) is 3.32. The summed E-state index contributed by atoms with van der Waals surface area (Å²) in [5.41, 5.74) is 7.93. The van der Waals surface area contributed by atoms with Gasteiger partial charge in [-0.25, -0.2) is 0 Å². The summed E-state index contributed by atoms with van der Waals surface area (Å²) in [6, 6.07) is 8.54. The number of nitrogens with zero attached hydrogens (tertiary/aromatic N) is 1. The van der Waals surface area contributed by atoms with Gasteiger partial charge < -0.3 is 11.1 Å². The van der Waals surface area contributed by atoms with Crippen LogP contribution >= 0.6 is 23.8 Å². The van der Waals surface area contributed by atoms with Crippen LogP contribution in [-0.4, -0.2) is 15.9 Å². The molecule has 1 aromatic carbocycles. The van der Waals surface area contributed by atoms with Crippen molar-refractivity contribution in [2.24, 2.45) is 5.73 Å². The number of benzene rings is 1. The first-order chi connectivity index (χ1) is 9.47. The number of hydrogen-bond acceptors (Lipinski definition) is 3. The zero-order valence-corrected chi connectivity index (χ0v) is 12.3. The van der Waals surface area contributed by atoms with Crippen LogP contribution in [0, 0.1) is 6.92 Å². The highest BCUT2D eigenvalue weighted by molar-refractivity contribution is 7.80. The SMILES string of the molecule is Cc1ccc(NC(=O)c2ccc(C(N)=S)cn2)cc1Cl. The molecule has 3 N–H and O–H groups in total. The van der Waals surface area contributed by atoms with Crippen LogP contribution in [0.2, 0.25) is 5.02 Å². The predicted octanol–water partition coefficient (Wildman–Crippen LogP) is 2.93. The van der Waals surface area contributed by atoms with Crippen LogP contribution in [0.3, 0.4) is 0 Å². The number of carbonyl (C=O) groups excluding carboxylic acids is 1. The van der Waals surface area contributed by atoms with Gasteiger partial charge in [-0.05, 0) is 36.8 Å². The third-order valence-electron chi connectivity index (χ3n) is 2.71. The summed E-state index contributed by atoms with van der Waals surface area (Å²) in [5.74, 6) is -0.320. The standard InChI is InChI=1S/C14H12ClN3OS/c1-8-2-4-10(6-11(8)15)18-14(19)12-5-3-9(7-17-12)13(16)20/h2-7H,1H3,(H2,16,20)(H,18,19). The van der Waals surface area contributed by atoms with Gasteiger partial charge in [-0.2, -0.15) is 0 Å². The lowest BCUT2D eigenvalue weighted by molar-refractivity contribution is 0.102. The first-order valence-corrected chi connectivity index (χ1v) is 6.59. The van der Waals surface area contributed by atoms with E-state index in [1.54, 1.807) is 24.3 Å². The molecule has 2 rings (SSSR count). The third-order valence-corrected chi connectivity index (χ3v) is 3.35. The van der Waals surface area contributed by atoms with E-state index in [2.05, 4.69) is 10.3 Å². The van der Waals surface area contributed by atoms with Crippen molar-refractivity contribution >= 4 is 40.4 Å². The molecule has 0 fully saturated rings. The number of aryl methyl sites for hydroxylation is 1. The average Bonchev–Trinajstić information content (AvgIpc) is 2.43. The molecular formula is C14H12ClN3OS.